The highest BCUT2D eigenvalue weighted by molar-refractivity contribution is 7.89. The van der Waals surface area contributed by atoms with Crippen LogP contribution in [0.2, 0.25) is 0 Å². The van der Waals surface area contributed by atoms with Crippen LogP contribution in [0.5, 0.6) is 0 Å². The van der Waals surface area contributed by atoms with Crippen molar-refractivity contribution in [2.45, 2.75) is 38.6 Å². The Labute approximate surface area is 209 Å². The highest BCUT2D eigenvalue weighted by atomic mass is 32.2. The van der Waals surface area contributed by atoms with Gasteiger partial charge in [0.25, 0.3) is 0 Å². The number of benzene rings is 3. The van der Waals surface area contributed by atoms with E-state index < -0.39 is 10.0 Å². The Morgan fingerprint density at radius 3 is 2.09 bits per heavy atom. The molecule has 1 aliphatic heterocycles. The first-order valence-corrected chi connectivity index (χ1v) is 14.0. The van der Waals surface area contributed by atoms with Crippen molar-refractivity contribution < 1.29 is 13.2 Å². The molecule has 184 valence electrons. The average molecular weight is 491 g/mol. The second-order valence-corrected chi connectivity index (χ2v) is 11.4. The number of aryl methyl sites for hydroxylation is 2. The summed E-state index contributed by atoms with van der Waals surface area (Å²) in [5, 5.41) is 3.24. The van der Waals surface area contributed by atoms with Crippen molar-refractivity contribution in [2.24, 2.45) is 5.92 Å². The third kappa shape index (κ3) is 6.80. The van der Waals surface area contributed by atoms with Crippen LogP contribution < -0.4 is 5.32 Å². The predicted molar refractivity (Wildman–Crippen MR) is 140 cm³/mol. The highest BCUT2D eigenvalue weighted by Crippen LogP contribution is 2.26. The minimum Gasteiger partial charge on any atom is -0.345 e. The molecule has 5 nitrogen and oxygen atoms in total. The molecule has 0 spiro atoms. The van der Waals surface area contributed by atoms with Crippen LogP contribution in [0.25, 0.3) is 0 Å². The van der Waals surface area contributed by atoms with Crippen LogP contribution in [-0.4, -0.2) is 37.5 Å². The summed E-state index contributed by atoms with van der Waals surface area (Å²) in [7, 11) is -3.31. The molecular weight excluding hydrogens is 456 g/mol. The van der Waals surface area contributed by atoms with Gasteiger partial charge >= 0.3 is 0 Å². The summed E-state index contributed by atoms with van der Waals surface area (Å²) in [6.07, 6.45) is 2.43. The molecule has 1 heterocycles. The molecular formula is C29H34N2O3S. The first-order chi connectivity index (χ1) is 16.9. The Kier molecular flexibility index (Phi) is 8.37. The summed E-state index contributed by atoms with van der Waals surface area (Å²) in [5.74, 6) is -0.0644. The van der Waals surface area contributed by atoms with Gasteiger partial charge in [-0.2, -0.15) is 0 Å². The van der Waals surface area contributed by atoms with E-state index in [-0.39, 0.29) is 23.6 Å². The summed E-state index contributed by atoms with van der Waals surface area (Å²) >= 11 is 0. The van der Waals surface area contributed by atoms with Gasteiger partial charge in [0, 0.05) is 19.0 Å². The number of hydrogen-bond donors (Lipinski definition) is 1. The van der Waals surface area contributed by atoms with Crippen molar-refractivity contribution in [3.05, 3.63) is 107 Å². The Bertz CT molecular complexity index is 1190. The number of carbonyl (C=O) groups excluding carboxylic acids is 1. The second-order valence-electron chi connectivity index (χ2n) is 9.34. The molecule has 35 heavy (non-hydrogen) atoms. The summed E-state index contributed by atoms with van der Waals surface area (Å²) in [5.41, 5.74) is 4.39. The van der Waals surface area contributed by atoms with Crippen molar-refractivity contribution in [1.82, 2.24) is 9.62 Å². The van der Waals surface area contributed by atoms with Crippen LogP contribution in [0.3, 0.4) is 0 Å². The SMILES string of the molecule is Cc1ccc([C@H](NC(=O)C2CCN(S(=O)(=O)CCCc3ccccc3)CC2)c2ccccc2)cc1. The Morgan fingerprint density at radius 2 is 1.46 bits per heavy atom. The summed E-state index contributed by atoms with van der Waals surface area (Å²) in [6, 6.07) is 27.9. The fourth-order valence-electron chi connectivity index (χ4n) is 4.65. The zero-order valence-electron chi connectivity index (χ0n) is 20.3. The molecule has 4 rings (SSSR count). The molecule has 0 aromatic heterocycles. The average Bonchev–Trinajstić information content (AvgIpc) is 2.89. The molecule has 1 N–H and O–H groups in total. The van der Waals surface area contributed by atoms with E-state index in [1.165, 1.54) is 5.56 Å². The number of nitrogens with zero attached hydrogens (tertiary/aromatic N) is 1. The van der Waals surface area contributed by atoms with Crippen LogP contribution in [0.4, 0.5) is 0 Å². The molecule has 0 bridgehead atoms. The molecule has 3 aromatic carbocycles. The Balaban J connectivity index is 1.34. The molecule has 0 saturated carbocycles. The maximum absolute atomic E-state index is 13.2. The summed E-state index contributed by atoms with van der Waals surface area (Å²) < 4.78 is 27.3. The molecule has 1 amide bonds. The van der Waals surface area contributed by atoms with E-state index in [9.17, 15) is 13.2 Å². The fraction of sp³-hybridized carbons (Fsp3) is 0.345. The predicted octanol–water partition coefficient (Wildman–Crippen LogP) is 4.88. The molecule has 3 aromatic rings. The topological polar surface area (TPSA) is 66.5 Å². The largest absolute Gasteiger partial charge is 0.345 e. The van der Waals surface area contributed by atoms with Crippen molar-refractivity contribution in [3.8, 4) is 0 Å². The quantitative estimate of drug-likeness (QED) is 0.465. The van der Waals surface area contributed by atoms with E-state index in [4.69, 9.17) is 0 Å². The molecule has 1 aliphatic rings. The van der Waals surface area contributed by atoms with Crippen LogP contribution in [-0.2, 0) is 21.2 Å². The first kappa shape index (κ1) is 25.1. The van der Waals surface area contributed by atoms with Gasteiger partial charge in [-0.05, 0) is 49.3 Å². The molecule has 0 aliphatic carbocycles. The standard InChI is InChI=1S/C29H34N2O3S/c1-23-14-16-26(17-15-23)28(25-12-6-3-7-13-25)30-29(32)27-18-20-31(21-19-27)35(33,34)22-8-11-24-9-4-2-5-10-24/h2-7,9-10,12-17,27-28H,8,11,18-22H2,1H3,(H,30,32)/t28-/m1/s1. The Hall–Kier alpha value is -2.96. The lowest BCUT2D eigenvalue weighted by molar-refractivity contribution is -0.126. The molecule has 0 unspecified atom stereocenters. The lowest BCUT2D eigenvalue weighted by atomic mass is 9.94. The minimum absolute atomic E-state index is 0.0134. The zero-order valence-corrected chi connectivity index (χ0v) is 21.1. The number of sulfonamides is 1. The van der Waals surface area contributed by atoms with Crippen LogP contribution in [0.15, 0.2) is 84.9 Å². The number of amides is 1. The van der Waals surface area contributed by atoms with Gasteiger partial charge in [0.15, 0.2) is 0 Å². The fourth-order valence-corrected chi connectivity index (χ4v) is 6.19. The smallest absolute Gasteiger partial charge is 0.223 e. The Morgan fingerprint density at radius 1 is 0.886 bits per heavy atom. The molecule has 0 radical (unpaired) electrons. The van der Waals surface area contributed by atoms with E-state index in [1.807, 2.05) is 67.6 Å². The van der Waals surface area contributed by atoms with Gasteiger partial charge in [-0.15, -0.1) is 0 Å². The summed E-state index contributed by atoms with van der Waals surface area (Å²) in [6.45, 7) is 2.84. The van der Waals surface area contributed by atoms with Gasteiger partial charge in [0.05, 0.1) is 11.8 Å². The number of rotatable bonds is 9. The maximum atomic E-state index is 13.2. The molecule has 1 saturated heterocycles. The third-order valence-corrected chi connectivity index (χ3v) is 8.72. The molecule has 6 heteroatoms. The van der Waals surface area contributed by atoms with Gasteiger partial charge in [-0.3, -0.25) is 4.79 Å². The van der Waals surface area contributed by atoms with Crippen molar-refractivity contribution >= 4 is 15.9 Å². The van der Waals surface area contributed by atoms with Gasteiger partial charge in [0.2, 0.25) is 15.9 Å². The normalized spacial score (nSPS) is 16.0. The van der Waals surface area contributed by atoms with E-state index >= 15 is 0 Å². The van der Waals surface area contributed by atoms with Crippen LogP contribution in [0, 0.1) is 12.8 Å². The van der Waals surface area contributed by atoms with E-state index in [2.05, 4.69) is 29.6 Å². The lowest BCUT2D eigenvalue weighted by Gasteiger charge is -2.31. The number of carbonyl (C=O) groups is 1. The van der Waals surface area contributed by atoms with E-state index in [0.29, 0.717) is 32.4 Å². The number of hydrogen-bond acceptors (Lipinski definition) is 3. The van der Waals surface area contributed by atoms with E-state index in [0.717, 1.165) is 23.1 Å². The third-order valence-electron chi connectivity index (χ3n) is 6.76. The van der Waals surface area contributed by atoms with Crippen molar-refractivity contribution in [1.29, 1.82) is 0 Å². The van der Waals surface area contributed by atoms with Crippen molar-refractivity contribution in [3.63, 3.8) is 0 Å². The zero-order chi connectivity index (χ0) is 24.7. The lowest BCUT2D eigenvalue weighted by Crippen LogP contribution is -2.44. The first-order valence-electron chi connectivity index (χ1n) is 12.4. The van der Waals surface area contributed by atoms with Crippen LogP contribution in [0.1, 0.15) is 47.6 Å². The van der Waals surface area contributed by atoms with E-state index in [1.54, 1.807) is 4.31 Å². The summed E-state index contributed by atoms with van der Waals surface area (Å²) in [4.78, 5) is 13.2. The molecule has 1 fully saturated rings. The molecule has 1 atom stereocenters. The second kappa shape index (κ2) is 11.6. The van der Waals surface area contributed by atoms with Gasteiger partial charge in [-0.25, -0.2) is 12.7 Å². The number of nitrogens with one attached hydrogen (secondary N) is 1. The van der Waals surface area contributed by atoms with Crippen molar-refractivity contribution in [2.75, 3.05) is 18.8 Å². The maximum Gasteiger partial charge on any atom is 0.223 e. The van der Waals surface area contributed by atoms with Gasteiger partial charge < -0.3 is 5.32 Å². The highest BCUT2D eigenvalue weighted by Gasteiger charge is 2.32. The minimum atomic E-state index is -3.31. The van der Waals surface area contributed by atoms with Crippen LogP contribution >= 0.6 is 0 Å². The number of piperidine rings is 1. The van der Waals surface area contributed by atoms with Gasteiger partial charge in [-0.1, -0.05) is 90.5 Å². The monoisotopic (exact) mass is 490 g/mol. The van der Waals surface area contributed by atoms with Gasteiger partial charge in [0.1, 0.15) is 0 Å².